The molecule has 10 aromatic carbocycles. The molecular formula is C58H38N2O. The van der Waals surface area contributed by atoms with Crippen molar-refractivity contribution in [2.45, 2.75) is 0 Å². The van der Waals surface area contributed by atoms with Crippen LogP contribution in [0.5, 0.6) is 11.5 Å². The summed E-state index contributed by atoms with van der Waals surface area (Å²) in [5.74, 6) is 1.80. The number of ether oxygens (including phenoxy) is 1. The lowest BCUT2D eigenvalue weighted by Crippen LogP contribution is -2.09. The minimum atomic E-state index is 0.900. The van der Waals surface area contributed by atoms with Crippen molar-refractivity contribution >= 4 is 49.6 Å². The quantitative estimate of drug-likeness (QED) is 0.160. The van der Waals surface area contributed by atoms with Crippen molar-refractivity contribution in [3.63, 3.8) is 0 Å². The van der Waals surface area contributed by atoms with Gasteiger partial charge in [0.25, 0.3) is 0 Å². The minimum Gasteiger partial charge on any atom is -0.456 e. The van der Waals surface area contributed by atoms with Crippen LogP contribution < -0.4 is 9.64 Å². The van der Waals surface area contributed by atoms with Gasteiger partial charge in [0.2, 0.25) is 0 Å². The molecule has 0 aliphatic carbocycles. The average molecular weight is 779 g/mol. The van der Waals surface area contributed by atoms with E-state index in [2.05, 4.69) is 228 Å². The lowest BCUT2D eigenvalue weighted by atomic mass is 9.90. The summed E-state index contributed by atoms with van der Waals surface area (Å²) in [5.41, 5.74) is 16.2. The number of anilines is 3. The molecule has 0 fully saturated rings. The molecule has 1 aromatic heterocycles. The third-order valence-corrected chi connectivity index (χ3v) is 12.2. The SMILES string of the molecule is c1ccc(-c2ccc(N(c3ccc(-c4ccc5c6ccccc6n(-c6ccccc6)c5c4)cc3)c3ccc(-c4ccc5c6c(cccc46)Oc4ccccc4-5)cc3)cc2)cc1. The lowest BCUT2D eigenvalue weighted by molar-refractivity contribution is 0.487. The third-order valence-electron chi connectivity index (χ3n) is 12.2. The normalized spacial score (nSPS) is 11.7. The van der Waals surface area contributed by atoms with Gasteiger partial charge in [0, 0.05) is 44.5 Å². The Morgan fingerprint density at radius 3 is 1.57 bits per heavy atom. The van der Waals surface area contributed by atoms with Gasteiger partial charge in [-0.05, 0) is 117 Å². The Hall–Kier alpha value is -8.14. The van der Waals surface area contributed by atoms with E-state index in [1.54, 1.807) is 0 Å². The molecular weight excluding hydrogens is 741 g/mol. The van der Waals surface area contributed by atoms with Crippen molar-refractivity contribution in [2.24, 2.45) is 0 Å². The third kappa shape index (κ3) is 5.90. The van der Waals surface area contributed by atoms with Crippen LogP contribution in [0.25, 0.3) is 82.8 Å². The Bertz CT molecular complexity index is 3410. The molecule has 0 spiro atoms. The fourth-order valence-electron chi connectivity index (χ4n) is 9.31. The molecule has 0 radical (unpaired) electrons. The Morgan fingerprint density at radius 2 is 0.836 bits per heavy atom. The summed E-state index contributed by atoms with van der Waals surface area (Å²) in [6.45, 7) is 0. The van der Waals surface area contributed by atoms with Gasteiger partial charge in [0.1, 0.15) is 11.5 Å². The van der Waals surface area contributed by atoms with Crippen LogP contribution in [0.15, 0.2) is 231 Å². The van der Waals surface area contributed by atoms with Crippen molar-refractivity contribution in [1.82, 2.24) is 4.57 Å². The van der Waals surface area contributed by atoms with E-state index < -0.39 is 0 Å². The second-order valence-corrected chi connectivity index (χ2v) is 15.7. The predicted octanol–water partition coefficient (Wildman–Crippen LogP) is 16.2. The van der Waals surface area contributed by atoms with E-state index in [0.29, 0.717) is 0 Å². The Balaban J connectivity index is 0.935. The Morgan fingerprint density at radius 1 is 0.311 bits per heavy atom. The summed E-state index contributed by atoms with van der Waals surface area (Å²) < 4.78 is 8.79. The van der Waals surface area contributed by atoms with Gasteiger partial charge in [-0.1, -0.05) is 158 Å². The van der Waals surface area contributed by atoms with Gasteiger partial charge >= 0.3 is 0 Å². The van der Waals surface area contributed by atoms with Crippen molar-refractivity contribution in [3.05, 3.63) is 231 Å². The molecule has 0 saturated carbocycles. The number of hydrogen-bond acceptors (Lipinski definition) is 2. The monoisotopic (exact) mass is 778 g/mol. The fraction of sp³-hybridized carbons (Fsp3) is 0. The average Bonchev–Trinajstić information content (AvgIpc) is 3.67. The van der Waals surface area contributed by atoms with Crippen molar-refractivity contribution in [1.29, 1.82) is 0 Å². The number of aromatic nitrogens is 1. The molecule has 0 atom stereocenters. The summed E-state index contributed by atoms with van der Waals surface area (Å²) in [6.07, 6.45) is 0. The highest BCUT2D eigenvalue weighted by Crippen LogP contribution is 2.49. The first-order valence-electron chi connectivity index (χ1n) is 20.8. The standard InChI is InChI=1S/C58H38N2O/c1-3-12-39(13-4-1)40-22-29-45(30-23-40)59(47-33-26-42(27-34-47)48-36-37-53-51-17-8-10-20-56(51)61-57-21-11-18-52(48)58(53)57)46-31-24-41(25-32-46)43-28-35-50-49-16-7-9-19-54(49)60(55(50)38-43)44-14-5-2-6-15-44/h1-38H. The van der Waals surface area contributed by atoms with E-state index in [9.17, 15) is 0 Å². The van der Waals surface area contributed by atoms with Crippen LogP contribution in [0, 0.1) is 0 Å². The predicted molar refractivity (Wildman–Crippen MR) is 255 cm³/mol. The highest BCUT2D eigenvalue weighted by Gasteiger charge is 2.22. The summed E-state index contributed by atoms with van der Waals surface area (Å²) in [6, 6.07) is 82.8. The second-order valence-electron chi connectivity index (χ2n) is 15.7. The van der Waals surface area contributed by atoms with Gasteiger partial charge in [-0.25, -0.2) is 0 Å². The van der Waals surface area contributed by atoms with Gasteiger partial charge < -0.3 is 14.2 Å². The molecule has 0 unspecified atom stereocenters. The molecule has 12 rings (SSSR count). The Labute approximate surface area is 354 Å². The first kappa shape index (κ1) is 34.9. The van der Waals surface area contributed by atoms with Crippen molar-refractivity contribution in [3.8, 4) is 61.7 Å². The van der Waals surface area contributed by atoms with Crippen LogP contribution >= 0.6 is 0 Å². The maximum absolute atomic E-state index is 6.41. The lowest BCUT2D eigenvalue weighted by Gasteiger charge is -2.26. The molecule has 2 heterocycles. The van der Waals surface area contributed by atoms with Crippen molar-refractivity contribution < 1.29 is 4.74 Å². The van der Waals surface area contributed by atoms with Crippen LogP contribution in [-0.2, 0) is 0 Å². The largest absolute Gasteiger partial charge is 0.456 e. The highest BCUT2D eigenvalue weighted by molar-refractivity contribution is 6.11. The molecule has 286 valence electrons. The molecule has 0 bridgehead atoms. The molecule has 0 amide bonds. The van der Waals surface area contributed by atoms with Crippen LogP contribution in [0.2, 0.25) is 0 Å². The number of rotatable bonds is 7. The number of fused-ring (bicyclic) bond motifs is 5. The molecule has 61 heavy (non-hydrogen) atoms. The number of hydrogen-bond donors (Lipinski definition) is 0. The van der Waals surface area contributed by atoms with E-state index in [1.807, 2.05) is 12.1 Å². The molecule has 3 heteroatoms. The molecule has 0 saturated heterocycles. The van der Waals surface area contributed by atoms with Crippen LogP contribution in [0.1, 0.15) is 0 Å². The first-order chi connectivity index (χ1) is 30.2. The van der Waals surface area contributed by atoms with Gasteiger partial charge in [-0.2, -0.15) is 0 Å². The maximum atomic E-state index is 6.41. The zero-order valence-corrected chi connectivity index (χ0v) is 33.2. The molecule has 1 aliphatic heterocycles. The molecule has 11 aromatic rings. The zero-order chi connectivity index (χ0) is 40.3. The number of benzene rings is 10. The summed E-state index contributed by atoms with van der Waals surface area (Å²) in [5, 5.41) is 4.85. The highest BCUT2D eigenvalue weighted by atomic mass is 16.5. The summed E-state index contributed by atoms with van der Waals surface area (Å²) in [7, 11) is 0. The number of para-hydroxylation sites is 3. The van der Waals surface area contributed by atoms with Gasteiger partial charge in [-0.15, -0.1) is 0 Å². The smallest absolute Gasteiger partial charge is 0.135 e. The minimum absolute atomic E-state index is 0.900. The van der Waals surface area contributed by atoms with Crippen molar-refractivity contribution in [2.75, 3.05) is 4.90 Å². The van der Waals surface area contributed by atoms with Gasteiger partial charge in [0.15, 0.2) is 0 Å². The second kappa shape index (κ2) is 14.3. The number of nitrogens with zero attached hydrogens (tertiary/aromatic N) is 2. The zero-order valence-electron chi connectivity index (χ0n) is 33.2. The van der Waals surface area contributed by atoms with E-state index in [-0.39, 0.29) is 0 Å². The molecule has 3 nitrogen and oxygen atoms in total. The fourth-order valence-corrected chi connectivity index (χ4v) is 9.31. The summed E-state index contributed by atoms with van der Waals surface area (Å²) >= 11 is 0. The maximum Gasteiger partial charge on any atom is 0.135 e. The van der Waals surface area contributed by atoms with Gasteiger partial charge in [0.05, 0.1) is 11.0 Å². The Kier molecular flexibility index (Phi) is 8.17. The van der Waals surface area contributed by atoms with E-state index >= 15 is 0 Å². The first-order valence-corrected chi connectivity index (χ1v) is 20.8. The van der Waals surface area contributed by atoms with E-state index in [4.69, 9.17) is 4.74 Å². The molecule has 0 N–H and O–H groups in total. The topological polar surface area (TPSA) is 17.4 Å². The van der Waals surface area contributed by atoms with E-state index in [1.165, 1.54) is 60.6 Å². The summed E-state index contributed by atoms with van der Waals surface area (Å²) in [4.78, 5) is 2.35. The van der Waals surface area contributed by atoms with Crippen LogP contribution in [-0.4, -0.2) is 4.57 Å². The van der Waals surface area contributed by atoms with Crippen LogP contribution in [0.4, 0.5) is 17.1 Å². The van der Waals surface area contributed by atoms with E-state index in [0.717, 1.165) is 50.8 Å². The van der Waals surface area contributed by atoms with Crippen LogP contribution in [0.3, 0.4) is 0 Å². The van der Waals surface area contributed by atoms with Gasteiger partial charge in [-0.3, -0.25) is 0 Å². The molecule has 1 aliphatic rings.